The number of anilines is 1. The van der Waals surface area contributed by atoms with E-state index in [2.05, 4.69) is 34.8 Å². The van der Waals surface area contributed by atoms with Crippen LogP contribution in [0.4, 0.5) is 5.69 Å². The number of carbonyl (C=O) groups is 1. The number of aryl methyl sites for hydroxylation is 2. The molecule has 0 saturated carbocycles. The molecule has 0 atom stereocenters. The number of rotatable bonds is 4. The summed E-state index contributed by atoms with van der Waals surface area (Å²) in [6.45, 7) is 4.09. The van der Waals surface area contributed by atoms with Gasteiger partial charge < -0.3 is 10.1 Å². The number of carbonyl (C=O) groups excluding carboxylic acids is 1. The Morgan fingerprint density at radius 1 is 1.29 bits per heavy atom. The van der Waals surface area contributed by atoms with E-state index in [-0.39, 0.29) is 5.91 Å². The molecule has 110 valence electrons. The molecule has 0 spiro atoms. The predicted octanol–water partition coefficient (Wildman–Crippen LogP) is 4.42. The van der Waals surface area contributed by atoms with Crippen LogP contribution < -0.4 is 10.1 Å². The van der Waals surface area contributed by atoms with Gasteiger partial charge in [-0.2, -0.15) is 0 Å². The molecule has 0 radical (unpaired) electrons. The lowest BCUT2D eigenvalue weighted by atomic mass is 10.1. The summed E-state index contributed by atoms with van der Waals surface area (Å²) in [7, 11) is 1.62. The van der Waals surface area contributed by atoms with Gasteiger partial charge in [0.2, 0.25) is 0 Å². The van der Waals surface area contributed by atoms with Crippen molar-refractivity contribution in [3.8, 4) is 5.75 Å². The molecular formula is C17H18INO2. The van der Waals surface area contributed by atoms with Gasteiger partial charge in [-0.1, -0.05) is 25.1 Å². The third-order valence-corrected chi connectivity index (χ3v) is 4.24. The van der Waals surface area contributed by atoms with Gasteiger partial charge in [0, 0.05) is 11.3 Å². The molecular weight excluding hydrogens is 377 g/mol. The minimum Gasteiger partial charge on any atom is -0.496 e. The molecule has 0 unspecified atom stereocenters. The molecule has 0 aromatic heterocycles. The van der Waals surface area contributed by atoms with E-state index in [9.17, 15) is 4.79 Å². The maximum absolute atomic E-state index is 12.4. The van der Waals surface area contributed by atoms with Crippen LogP contribution in [0.3, 0.4) is 0 Å². The number of methoxy groups -OCH3 is 1. The highest BCUT2D eigenvalue weighted by atomic mass is 127. The minimum atomic E-state index is -0.0976. The monoisotopic (exact) mass is 395 g/mol. The van der Waals surface area contributed by atoms with Crippen LogP contribution in [0.15, 0.2) is 36.4 Å². The van der Waals surface area contributed by atoms with Crippen LogP contribution in [0.25, 0.3) is 0 Å². The fourth-order valence-electron chi connectivity index (χ4n) is 2.20. The summed E-state index contributed by atoms with van der Waals surface area (Å²) in [4.78, 5) is 12.4. The van der Waals surface area contributed by atoms with Crippen molar-refractivity contribution in [3.05, 3.63) is 56.7 Å². The average molecular weight is 395 g/mol. The smallest absolute Gasteiger partial charge is 0.255 e. The van der Waals surface area contributed by atoms with Crippen LogP contribution in [0, 0.1) is 10.5 Å². The molecule has 1 N–H and O–H groups in total. The van der Waals surface area contributed by atoms with E-state index in [4.69, 9.17) is 4.74 Å². The normalized spacial score (nSPS) is 10.3. The molecule has 2 aromatic carbocycles. The largest absolute Gasteiger partial charge is 0.496 e. The van der Waals surface area contributed by atoms with Crippen LogP contribution in [0.1, 0.15) is 28.4 Å². The molecule has 21 heavy (non-hydrogen) atoms. The molecule has 4 heteroatoms. The molecule has 2 aromatic rings. The van der Waals surface area contributed by atoms with Crippen LogP contribution in [-0.2, 0) is 6.42 Å². The second-order valence-electron chi connectivity index (χ2n) is 4.77. The van der Waals surface area contributed by atoms with Crippen molar-refractivity contribution in [2.24, 2.45) is 0 Å². The second-order valence-corrected chi connectivity index (χ2v) is 5.93. The number of hydrogen-bond acceptors (Lipinski definition) is 2. The molecule has 0 aliphatic heterocycles. The zero-order valence-corrected chi connectivity index (χ0v) is 14.5. The molecule has 0 bridgehead atoms. The topological polar surface area (TPSA) is 38.3 Å². The van der Waals surface area contributed by atoms with Gasteiger partial charge in [-0.05, 0) is 65.3 Å². The Kier molecular flexibility index (Phi) is 5.22. The number of hydrogen-bond donors (Lipinski definition) is 1. The Bertz CT molecular complexity index is 668. The predicted molar refractivity (Wildman–Crippen MR) is 94.2 cm³/mol. The molecule has 0 heterocycles. The quantitative estimate of drug-likeness (QED) is 0.779. The Morgan fingerprint density at radius 2 is 2.05 bits per heavy atom. The summed E-state index contributed by atoms with van der Waals surface area (Å²) >= 11 is 2.17. The third-order valence-electron chi connectivity index (χ3n) is 3.39. The summed E-state index contributed by atoms with van der Waals surface area (Å²) < 4.78 is 6.13. The third kappa shape index (κ3) is 3.56. The highest BCUT2D eigenvalue weighted by Gasteiger charge is 2.12. The van der Waals surface area contributed by atoms with Gasteiger partial charge in [0.25, 0.3) is 5.91 Å². The van der Waals surface area contributed by atoms with Crippen molar-refractivity contribution in [3.63, 3.8) is 0 Å². The number of ether oxygens (including phenoxy) is 1. The molecule has 0 fully saturated rings. The van der Waals surface area contributed by atoms with Gasteiger partial charge in [0.05, 0.1) is 10.7 Å². The summed E-state index contributed by atoms with van der Waals surface area (Å²) in [6, 6.07) is 11.5. The Hall–Kier alpha value is -1.56. The first-order chi connectivity index (χ1) is 10.1. The van der Waals surface area contributed by atoms with Gasteiger partial charge in [0.15, 0.2) is 0 Å². The number of para-hydroxylation sites is 1. The standard InChI is InChI=1S/C17H18INO2/c1-4-12-7-5-6-11(2)16(12)19-17(20)13-8-9-15(21-3)14(18)10-13/h5-10H,4H2,1-3H3,(H,19,20). The van der Waals surface area contributed by atoms with E-state index in [1.165, 1.54) is 0 Å². The lowest BCUT2D eigenvalue weighted by molar-refractivity contribution is 0.102. The average Bonchev–Trinajstić information content (AvgIpc) is 2.49. The first-order valence-electron chi connectivity index (χ1n) is 6.80. The molecule has 2 rings (SSSR count). The maximum Gasteiger partial charge on any atom is 0.255 e. The van der Waals surface area contributed by atoms with Crippen LogP contribution >= 0.6 is 22.6 Å². The van der Waals surface area contributed by atoms with Crippen molar-refractivity contribution in [2.75, 3.05) is 12.4 Å². The van der Waals surface area contributed by atoms with Crippen molar-refractivity contribution >= 4 is 34.2 Å². The molecule has 0 saturated heterocycles. The number of nitrogens with one attached hydrogen (secondary N) is 1. The molecule has 0 aliphatic carbocycles. The van der Waals surface area contributed by atoms with E-state index in [1.54, 1.807) is 13.2 Å². The highest BCUT2D eigenvalue weighted by Crippen LogP contribution is 2.24. The van der Waals surface area contributed by atoms with E-state index in [0.29, 0.717) is 5.56 Å². The molecule has 3 nitrogen and oxygen atoms in total. The first kappa shape index (κ1) is 15.8. The fraction of sp³-hybridized carbons (Fsp3) is 0.235. The lowest BCUT2D eigenvalue weighted by Crippen LogP contribution is -2.14. The Morgan fingerprint density at radius 3 is 2.67 bits per heavy atom. The summed E-state index contributed by atoms with van der Waals surface area (Å²) in [6.07, 6.45) is 0.886. The highest BCUT2D eigenvalue weighted by molar-refractivity contribution is 14.1. The van der Waals surface area contributed by atoms with E-state index < -0.39 is 0 Å². The van der Waals surface area contributed by atoms with E-state index in [0.717, 1.165) is 32.6 Å². The van der Waals surface area contributed by atoms with Crippen molar-refractivity contribution in [1.29, 1.82) is 0 Å². The van der Waals surface area contributed by atoms with E-state index in [1.807, 2.05) is 37.3 Å². The van der Waals surface area contributed by atoms with Gasteiger partial charge in [-0.25, -0.2) is 0 Å². The van der Waals surface area contributed by atoms with E-state index >= 15 is 0 Å². The second kappa shape index (κ2) is 6.93. The van der Waals surface area contributed by atoms with Gasteiger partial charge in [-0.15, -0.1) is 0 Å². The number of benzene rings is 2. The van der Waals surface area contributed by atoms with Crippen LogP contribution in [0.5, 0.6) is 5.75 Å². The summed E-state index contributed by atoms with van der Waals surface area (Å²) in [5.41, 5.74) is 3.76. The SMILES string of the molecule is CCc1cccc(C)c1NC(=O)c1ccc(OC)c(I)c1. The van der Waals surface area contributed by atoms with Crippen LogP contribution in [-0.4, -0.2) is 13.0 Å². The van der Waals surface area contributed by atoms with Crippen LogP contribution in [0.2, 0.25) is 0 Å². The van der Waals surface area contributed by atoms with Crippen molar-refractivity contribution in [1.82, 2.24) is 0 Å². The van der Waals surface area contributed by atoms with Gasteiger partial charge in [-0.3, -0.25) is 4.79 Å². The zero-order valence-electron chi connectivity index (χ0n) is 12.4. The van der Waals surface area contributed by atoms with Gasteiger partial charge in [0.1, 0.15) is 5.75 Å². The molecule has 1 amide bonds. The first-order valence-corrected chi connectivity index (χ1v) is 7.88. The number of halogens is 1. The Balaban J connectivity index is 2.28. The van der Waals surface area contributed by atoms with Crippen molar-refractivity contribution in [2.45, 2.75) is 20.3 Å². The summed E-state index contributed by atoms with van der Waals surface area (Å²) in [5, 5.41) is 3.03. The minimum absolute atomic E-state index is 0.0976. The summed E-state index contributed by atoms with van der Waals surface area (Å²) in [5.74, 6) is 0.678. The fourth-order valence-corrected chi connectivity index (χ4v) is 2.93. The number of amides is 1. The van der Waals surface area contributed by atoms with Crippen molar-refractivity contribution < 1.29 is 9.53 Å². The Labute approximate surface area is 138 Å². The lowest BCUT2D eigenvalue weighted by Gasteiger charge is -2.13. The van der Waals surface area contributed by atoms with Gasteiger partial charge >= 0.3 is 0 Å². The zero-order chi connectivity index (χ0) is 15.4. The maximum atomic E-state index is 12.4. The molecule has 0 aliphatic rings.